The molecule has 1 amide bonds. The summed E-state index contributed by atoms with van der Waals surface area (Å²) in [6.07, 6.45) is 1.81. The van der Waals surface area contributed by atoms with Crippen LogP contribution >= 0.6 is 0 Å². The van der Waals surface area contributed by atoms with E-state index in [1.54, 1.807) is 0 Å². The van der Waals surface area contributed by atoms with Gasteiger partial charge in [0.1, 0.15) is 0 Å². The molecule has 1 fully saturated rings. The van der Waals surface area contributed by atoms with Crippen LogP contribution in [-0.2, 0) is 4.79 Å². The molecule has 0 aliphatic carbocycles. The third kappa shape index (κ3) is 2.97. The molecule has 1 aliphatic heterocycles. The average molecular weight is 247 g/mol. The predicted octanol–water partition coefficient (Wildman–Crippen LogP) is 2.22. The van der Waals surface area contributed by atoms with Crippen LogP contribution in [-0.4, -0.2) is 32.0 Å². The van der Waals surface area contributed by atoms with Gasteiger partial charge >= 0.3 is 0 Å². The molecule has 2 nitrogen and oxygen atoms in total. The van der Waals surface area contributed by atoms with E-state index in [1.807, 2.05) is 4.90 Å². The van der Waals surface area contributed by atoms with Crippen molar-refractivity contribution in [3.05, 3.63) is 30.3 Å². The summed E-state index contributed by atoms with van der Waals surface area (Å²) < 4.78 is 0. The van der Waals surface area contributed by atoms with Gasteiger partial charge in [-0.25, -0.2) is 0 Å². The molecule has 0 unspecified atom stereocenters. The number of benzene rings is 1. The van der Waals surface area contributed by atoms with E-state index in [1.165, 1.54) is 11.2 Å². The minimum Gasteiger partial charge on any atom is -0.343 e. The van der Waals surface area contributed by atoms with Crippen molar-refractivity contribution in [2.24, 2.45) is 0 Å². The Labute approximate surface area is 105 Å². The summed E-state index contributed by atoms with van der Waals surface area (Å²) in [5.74, 6) is 0.350. The first-order chi connectivity index (χ1) is 8.09. The number of amides is 1. The SMILES string of the molecule is C[Si](C)(CCN1CCCC1=O)c1ccccc1. The second-order valence-electron chi connectivity index (χ2n) is 5.48. The molecule has 1 aromatic rings. The molecule has 0 N–H and O–H groups in total. The van der Waals surface area contributed by atoms with Crippen molar-refractivity contribution in [3.8, 4) is 0 Å². The summed E-state index contributed by atoms with van der Waals surface area (Å²) in [5, 5.41) is 1.49. The van der Waals surface area contributed by atoms with Gasteiger partial charge in [-0.1, -0.05) is 48.6 Å². The topological polar surface area (TPSA) is 20.3 Å². The summed E-state index contributed by atoms with van der Waals surface area (Å²) in [6.45, 7) is 6.71. The van der Waals surface area contributed by atoms with Gasteiger partial charge in [-0.3, -0.25) is 4.79 Å². The van der Waals surface area contributed by atoms with E-state index in [9.17, 15) is 4.79 Å². The molecule has 0 saturated carbocycles. The molecule has 92 valence electrons. The number of hydrogen-bond acceptors (Lipinski definition) is 1. The van der Waals surface area contributed by atoms with Gasteiger partial charge in [0.15, 0.2) is 0 Å². The average Bonchev–Trinajstić information content (AvgIpc) is 2.74. The maximum Gasteiger partial charge on any atom is 0.222 e. The Morgan fingerprint density at radius 2 is 1.94 bits per heavy atom. The van der Waals surface area contributed by atoms with Gasteiger partial charge in [-0.15, -0.1) is 0 Å². The maximum absolute atomic E-state index is 11.6. The van der Waals surface area contributed by atoms with Gasteiger partial charge in [0, 0.05) is 19.5 Å². The van der Waals surface area contributed by atoms with Crippen molar-refractivity contribution in [2.75, 3.05) is 13.1 Å². The van der Waals surface area contributed by atoms with Crippen LogP contribution < -0.4 is 5.19 Å². The zero-order valence-corrected chi connectivity index (χ0v) is 11.8. The van der Waals surface area contributed by atoms with Crippen LogP contribution in [0, 0.1) is 0 Å². The highest BCUT2D eigenvalue weighted by atomic mass is 28.3. The second kappa shape index (κ2) is 5.04. The van der Waals surface area contributed by atoms with E-state index >= 15 is 0 Å². The molecular formula is C14H21NOSi. The van der Waals surface area contributed by atoms with Gasteiger partial charge in [-0.05, 0) is 12.5 Å². The lowest BCUT2D eigenvalue weighted by Gasteiger charge is -2.26. The fraction of sp³-hybridized carbons (Fsp3) is 0.500. The molecule has 0 radical (unpaired) electrons. The van der Waals surface area contributed by atoms with Crippen molar-refractivity contribution in [1.29, 1.82) is 0 Å². The first-order valence-electron chi connectivity index (χ1n) is 6.43. The number of carbonyl (C=O) groups excluding carboxylic acids is 1. The molecule has 3 heteroatoms. The van der Waals surface area contributed by atoms with Gasteiger partial charge in [0.05, 0.1) is 8.07 Å². The van der Waals surface area contributed by atoms with Crippen molar-refractivity contribution in [2.45, 2.75) is 32.0 Å². The first kappa shape index (κ1) is 12.4. The van der Waals surface area contributed by atoms with E-state index < -0.39 is 8.07 Å². The first-order valence-corrected chi connectivity index (χ1v) is 9.64. The number of nitrogens with zero attached hydrogens (tertiary/aromatic N) is 1. The van der Waals surface area contributed by atoms with Gasteiger partial charge in [0.2, 0.25) is 5.91 Å². The lowest BCUT2D eigenvalue weighted by Crippen LogP contribution is -2.44. The number of hydrogen-bond donors (Lipinski definition) is 0. The Morgan fingerprint density at radius 1 is 1.24 bits per heavy atom. The smallest absolute Gasteiger partial charge is 0.222 e. The monoisotopic (exact) mass is 247 g/mol. The minimum atomic E-state index is -1.37. The molecule has 0 atom stereocenters. The third-order valence-electron chi connectivity index (χ3n) is 3.73. The Bertz CT molecular complexity index is 388. The lowest BCUT2D eigenvalue weighted by atomic mass is 10.4. The Hall–Kier alpha value is -1.09. The summed E-state index contributed by atoms with van der Waals surface area (Å²) in [7, 11) is -1.37. The molecule has 17 heavy (non-hydrogen) atoms. The van der Waals surface area contributed by atoms with E-state index in [0.29, 0.717) is 5.91 Å². The predicted molar refractivity (Wildman–Crippen MR) is 74.2 cm³/mol. The van der Waals surface area contributed by atoms with Crippen molar-refractivity contribution >= 4 is 19.2 Å². The zero-order valence-electron chi connectivity index (χ0n) is 10.8. The summed E-state index contributed by atoms with van der Waals surface area (Å²) >= 11 is 0. The minimum absolute atomic E-state index is 0.350. The molecule has 1 saturated heterocycles. The van der Waals surface area contributed by atoms with Gasteiger partial charge < -0.3 is 4.90 Å². The van der Waals surface area contributed by atoms with Crippen molar-refractivity contribution in [3.63, 3.8) is 0 Å². The molecule has 2 rings (SSSR count). The number of likely N-dealkylation sites (tertiary alicyclic amines) is 1. The van der Waals surface area contributed by atoms with Gasteiger partial charge in [-0.2, -0.15) is 0 Å². The summed E-state index contributed by atoms with van der Waals surface area (Å²) in [6, 6.07) is 11.9. The standard InChI is InChI=1S/C14H21NOSi/c1-17(2,13-7-4-3-5-8-13)12-11-15-10-6-9-14(15)16/h3-5,7-8H,6,9-12H2,1-2H3. The lowest BCUT2D eigenvalue weighted by molar-refractivity contribution is -0.127. The number of carbonyl (C=O) groups is 1. The molecule has 1 aliphatic rings. The van der Waals surface area contributed by atoms with Crippen LogP contribution in [0.1, 0.15) is 12.8 Å². The van der Waals surface area contributed by atoms with E-state index in [4.69, 9.17) is 0 Å². The summed E-state index contributed by atoms with van der Waals surface area (Å²) in [4.78, 5) is 13.6. The Kier molecular flexibility index (Phi) is 3.67. The van der Waals surface area contributed by atoms with Crippen LogP contribution in [0.4, 0.5) is 0 Å². The molecule has 0 spiro atoms. The molecular weight excluding hydrogens is 226 g/mol. The van der Waals surface area contributed by atoms with Crippen LogP contribution in [0.15, 0.2) is 30.3 Å². The molecule has 0 aromatic heterocycles. The Balaban J connectivity index is 1.96. The van der Waals surface area contributed by atoms with Crippen LogP contribution in [0.2, 0.25) is 19.1 Å². The van der Waals surface area contributed by atoms with E-state index in [0.717, 1.165) is 25.9 Å². The highest BCUT2D eigenvalue weighted by molar-refractivity contribution is 6.89. The van der Waals surface area contributed by atoms with Crippen LogP contribution in [0.5, 0.6) is 0 Å². The van der Waals surface area contributed by atoms with Crippen molar-refractivity contribution < 1.29 is 4.79 Å². The zero-order chi connectivity index (χ0) is 12.3. The van der Waals surface area contributed by atoms with Crippen molar-refractivity contribution in [1.82, 2.24) is 4.90 Å². The highest BCUT2D eigenvalue weighted by Crippen LogP contribution is 2.15. The fourth-order valence-corrected chi connectivity index (χ4v) is 4.60. The maximum atomic E-state index is 11.6. The molecule has 0 bridgehead atoms. The number of rotatable bonds is 4. The van der Waals surface area contributed by atoms with Gasteiger partial charge in [0.25, 0.3) is 0 Å². The molecule has 1 aromatic carbocycles. The molecule has 1 heterocycles. The fourth-order valence-electron chi connectivity index (χ4n) is 2.39. The summed E-state index contributed by atoms with van der Waals surface area (Å²) in [5.41, 5.74) is 0. The quantitative estimate of drug-likeness (QED) is 0.747. The van der Waals surface area contributed by atoms with Crippen LogP contribution in [0.3, 0.4) is 0 Å². The van der Waals surface area contributed by atoms with E-state index in [-0.39, 0.29) is 0 Å². The van der Waals surface area contributed by atoms with Crippen LogP contribution in [0.25, 0.3) is 0 Å². The second-order valence-corrected chi connectivity index (χ2v) is 10.3. The Morgan fingerprint density at radius 3 is 2.53 bits per heavy atom. The normalized spacial score (nSPS) is 16.6. The largest absolute Gasteiger partial charge is 0.343 e. The third-order valence-corrected chi connectivity index (χ3v) is 7.10. The highest BCUT2D eigenvalue weighted by Gasteiger charge is 2.26. The van der Waals surface area contributed by atoms with E-state index in [2.05, 4.69) is 43.4 Å².